The summed E-state index contributed by atoms with van der Waals surface area (Å²) in [4.78, 5) is 36.9. The summed E-state index contributed by atoms with van der Waals surface area (Å²) in [5.41, 5.74) is 1.40. The number of para-hydroxylation sites is 1. The van der Waals surface area contributed by atoms with Crippen molar-refractivity contribution in [1.29, 1.82) is 0 Å². The molecule has 11 heteroatoms. The molecular formula is C21H16ClN5O5. The normalized spacial score (nSPS) is 10.8. The number of amides is 1. The van der Waals surface area contributed by atoms with Gasteiger partial charge in [0.1, 0.15) is 25.1 Å². The predicted octanol–water partition coefficient (Wildman–Crippen LogP) is 2.74. The third kappa shape index (κ3) is 4.65. The highest BCUT2D eigenvalue weighted by Gasteiger charge is 2.16. The van der Waals surface area contributed by atoms with Crippen LogP contribution in [0.3, 0.4) is 0 Å². The van der Waals surface area contributed by atoms with Crippen molar-refractivity contribution in [3.8, 4) is 0 Å². The van der Waals surface area contributed by atoms with Gasteiger partial charge in [0.2, 0.25) is 5.91 Å². The molecule has 0 unspecified atom stereocenters. The van der Waals surface area contributed by atoms with Crippen molar-refractivity contribution in [2.24, 2.45) is 0 Å². The van der Waals surface area contributed by atoms with E-state index in [0.29, 0.717) is 21.6 Å². The van der Waals surface area contributed by atoms with Gasteiger partial charge in [-0.15, -0.1) is 5.10 Å². The van der Waals surface area contributed by atoms with Gasteiger partial charge in [-0.05, 0) is 47.2 Å². The number of tetrazole rings is 1. The lowest BCUT2D eigenvalue weighted by atomic mass is 10.1. The summed E-state index contributed by atoms with van der Waals surface area (Å²) in [7, 11) is 0. The molecule has 1 N–H and O–H groups in total. The SMILES string of the molecule is Cc1cc2oc(=O)cc(COC(=O)c3ccccc3NC(=O)Cn3cnnn3)c2cc1Cl. The lowest BCUT2D eigenvalue weighted by Crippen LogP contribution is -2.21. The average Bonchev–Trinajstić information content (AvgIpc) is 3.26. The van der Waals surface area contributed by atoms with Crippen LogP contribution in [-0.4, -0.2) is 32.1 Å². The Kier molecular flexibility index (Phi) is 5.95. The summed E-state index contributed by atoms with van der Waals surface area (Å²) in [5.74, 6) is -1.10. The fourth-order valence-corrected chi connectivity index (χ4v) is 3.21. The van der Waals surface area contributed by atoms with Crippen LogP contribution in [0.25, 0.3) is 11.0 Å². The van der Waals surface area contributed by atoms with Crippen molar-refractivity contribution >= 4 is 40.1 Å². The molecule has 0 bridgehead atoms. The number of hydrogen-bond acceptors (Lipinski definition) is 8. The zero-order valence-corrected chi connectivity index (χ0v) is 17.5. The van der Waals surface area contributed by atoms with Crippen molar-refractivity contribution in [3.63, 3.8) is 0 Å². The zero-order chi connectivity index (χ0) is 22.7. The Hall–Kier alpha value is -4.05. The molecule has 0 aliphatic carbocycles. The Morgan fingerprint density at radius 1 is 1.22 bits per heavy atom. The number of carbonyl (C=O) groups excluding carboxylic acids is 2. The molecular weight excluding hydrogens is 438 g/mol. The summed E-state index contributed by atoms with van der Waals surface area (Å²) < 4.78 is 11.9. The summed E-state index contributed by atoms with van der Waals surface area (Å²) >= 11 is 6.20. The van der Waals surface area contributed by atoms with E-state index in [1.165, 1.54) is 23.1 Å². The monoisotopic (exact) mass is 453 g/mol. The van der Waals surface area contributed by atoms with Crippen LogP contribution >= 0.6 is 11.6 Å². The maximum atomic E-state index is 12.7. The van der Waals surface area contributed by atoms with Gasteiger partial charge >= 0.3 is 11.6 Å². The van der Waals surface area contributed by atoms with E-state index in [9.17, 15) is 14.4 Å². The molecule has 0 aliphatic heterocycles. The Labute approximate surface area is 185 Å². The lowest BCUT2D eigenvalue weighted by Gasteiger charge is -2.12. The van der Waals surface area contributed by atoms with E-state index in [-0.39, 0.29) is 24.4 Å². The summed E-state index contributed by atoms with van der Waals surface area (Å²) in [6.45, 7) is 1.48. The molecule has 0 fully saturated rings. The number of hydrogen-bond donors (Lipinski definition) is 1. The van der Waals surface area contributed by atoms with Crippen LogP contribution in [0, 0.1) is 6.92 Å². The first-order valence-electron chi connectivity index (χ1n) is 9.40. The Balaban J connectivity index is 1.52. The third-order valence-corrected chi connectivity index (χ3v) is 4.99. The van der Waals surface area contributed by atoms with E-state index in [2.05, 4.69) is 20.8 Å². The van der Waals surface area contributed by atoms with Gasteiger partial charge in [0.25, 0.3) is 0 Å². The van der Waals surface area contributed by atoms with Crippen molar-refractivity contribution in [2.75, 3.05) is 5.32 Å². The molecule has 0 saturated carbocycles. The van der Waals surface area contributed by atoms with Crippen molar-refractivity contribution in [1.82, 2.24) is 20.2 Å². The van der Waals surface area contributed by atoms with Gasteiger partial charge in [0, 0.05) is 22.0 Å². The number of esters is 1. The Morgan fingerprint density at radius 3 is 2.81 bits per heavy atom. The highest BCUT2D eigenvalue weighted by Crippen LogP contribution is 2.26. The summed E-state index contributed by atoms with van der Waals surface area (Å²) in [6.07, 6.45) is 1.30. The zero-order valence-electron chi connectivity index (χ0n) is 16.7. The number of nitrogens with zero attached hydrogens (tertiary/aromatic N) is 4. The molecule has 4 rings (SSSR count). The van der Waals surface area contributed by atoms with E-state index in [0.717, 1.165) is 5.56 Å². The average molecular weight is 454 g/mol. The second-order valence-electron chi connectivity index (χ2n) is 6.87. The number of halogens is 1. The van der Waals surface area contributed by atoms with Crippen LogP contribution in [0.5, 0.6) is 0 Å². The first-order chi connectivity index (χ1) is 15.4. The molecule has 2 aromatic carbocycles. The van der Waals surface area contributed by atoms with Crippen LogP contribution in [0.1, 0.15) is 21.5 Å². The topological polar surface area (TPSA) is 129 Å². The highest BCUT2D eigenvalue weighted by atomic mass is 35.5. The number of carbonyl (C=O) groups is 2. The predicted molar refractivity (Wildman–Crippen MR) is 114 cm³/mol. The van der Waals surface area contributed by atoms with Crippen LogP contribution < -0.4 is 10.9 Å². The number of rotatable bonds is 6. The first-order valence-corrected chi connectivity index (χ1v) is 9.78. The smallest absolute Gasteiger partial charge is 0.340 e. The first kappa shape index (κ1) is 21.2. The van der Waals surface area contributed by atoms with Gasteiger partial charge in [0.05, 0.1) is 11.3 Å². The van der Waals surface area contributed by atoms with Crippen molar-refractivity contribution < 1.29 is 18.7 Å². The number of anilines is 1. The number of nitrogens with one attached hydrogen (secondary N) is 1. The van der Waals surface area contributed by atoms with Crippen molar-refractivity contribution in [3.05, 3.63) is 80.9 Å². The standard InChI is InChI=1S/C21H16ClN5O5/c1-12-6-18-15(8-16(12)22)13(7-20(29)32-18)10-31-21(30)14-4-2-3-5-17(14)24-19(28)9-27-11-23-25-26-27/h2-8,11H,9-10H2,1H3,(H,24,28). The summed E-state index contributed by atoms with van der Waals surface area (Å²) in [5, 5.41) is 14.2. The van der Waals surface area contributed by atoms with Crippen LogP contribution in [0.2, 0.25) is 5.02 Å². The van der Waals surface area contributed by atoms with Crippen molar-refractivity contribution in [2.45, 2.75) is 20.1 Å². The van der Waals surface area contributed by atoms with Gasteiger partial charge in [0.15, 0.2) is 0 Å². The largest absolute Gasteiger partial charge is 0.457 e. The third-order valence-electron chi connectivity index (χ3n) is 4.59. The van der Waals surface area contributed by atoms with Crippen LogP contribution in [-0.2, 0) is 22.7 Å². The Bertz CT molecular complexity index is 1370. The van der Waals surface area contributed by atoms with Gasteiger partial charge < -0.3 is 14.5 Å². The minimum Gasteiger partial charge on any atom is -0.457 e. The number of aryl methyl sites for hydroxylation is 1. The molecule has 162 valence electrons. The number of benzene rings is 2. The van der Waals surface area contributed by atoms with E-state index in [1.54, 1.807) is 37.3 Å². The fourth-order valence-electron chi connectivity index (χ4n) is 3.05. The van der Waals surface area contributed by atoms with E-state index < -0.39 is 17.5 Å². The van der Waals surface area contributed by atoms with Gasteiger partial charge in [-0.3, -0.25) is 4.79 Å². The van der Waals surface area contributed by atoms with E-state index in [4.69, 9.17) is 20.8 Å². The van der Waals surface area contributed by atoms with Gasteiger partial charge in [-0.25, -0.2) is 14.3 Å². The highest BCUT2D eigenvalue weighted by molar-refractivity contribution is 6.32. The number of aromatic nitrogens is 4. The maximum Gasteiger partial charge on any atom is 0.340 e. The molecule has 0 spiro atoms. The molecule has 0 radical (unpaired) electrons. The molecule has 0 saturated heterocycles. The molecule has 1 amide bonds. The summed E-state index contributed by atoms with van der Waals surface area (Å²) in [6, 6.07) is 11.0. The minimum atomic E-state index is -0.678. The van der Waals surface area contributed by atoms with E-state index in [1.807, 2.05) is 0 Å². The molecule has 4 aromatic rings. The number of fused-ring (bicyclic) bond motifs is 1. The fraction of sp³-hybridized carbons (Fsp3) is 0.143. The van der Waals surface area contributed by atoms with Crippen LogP contribution in [0.15, 0.2) is 58.0 Å². The molecule has 10 nitrogen and oxygen atoms in total. The van der Waals surface area contributed by atoms with Crippen LogP contribution in [0.4, 0.5) is 5.69 Å². The van der Waals surface area contributed by atoms with Gasteiger partial charge in [-0.1, -0.05) is 23.7 Å². The second-order valence-corrected chi connectivity index (χ2v) is 7.27. The molecule has 2 aromatic heterocycles. The molecule has 32 heavy (non-hydrogen) atoms. The minimum absolute atomic E-state index is 0.123. The number of ether oxygens (including phenoxy) is 1. The molecule has 2 heterocycles. The van der Waals surface area contributed by atoms with E-state index >= 15 is 0 Å². The second kappa shape index (κ2) is 8.98. The molecule has 0 aliphatic rings. The maximum absolute atomic E-state index is 12.7. The lowest BCUT2D eigenvalue weighted by molar-refractivity contribution is -0.116. The van der Waals surface area contributed by atoms with Gasteiger partial charge in [-0.2, -0.15) is 0 Å². The Morgan fingerprint density at radius 2 is 2.03 bits per heavy atom. The quantitative estimate of drug-likeness (QED) is 0.348. The molecule has 0 atom stereocenters.